The van der Waals surface area contributed by atoms with Gasteiger partial charge < -0.3 is 55.3 Å². The lowest BCUT2D eigenvalue weighted by molar-refractivity contribution is 0.271. The monoisotopic (exact) mass is 978 g/mol. The molecule has 0 fully saturated rings. The van der Waals surface area contributed by atoms with Crippen LogP contribution in [0.15, 0.2) is 109 Å². The molecule has 378 valence electrons. The molecule has 18 heterocycles. The lowest BCUT2D eigenvalue weighted by atomic mass is 9.94. The lowest BCUT2D eigenvalue weighted by Crippen LogP contribution is -2.40. The third-order valence-corrected chi connectivity index (χ3v) is 11.9. The average molecular weight is 978 g/mol. The van der Waals surface area contributed by atoms with E-state index in [0.29, 0.717) is 53.8 Å². The highest BCUT2D eigenvalue weighted by molar-refractivity contribution is 5.59. The molecule has 0 unspecified atom stereocenters. The van der Waals surface area contributed by atoms with Crippen molar-refractivity contribution in [3.8, 4) is 70.0 Å². The number of methoxy groups -OCH3 is 3. The maximum Gasteiger partial charge on any atom is 0.169 e. The summed E-state index contributed by atoms with van der Waals surface area (Å²) < 4.78 is 38.0. The second-order valence-electron chi connectivity index (χ2n) is 16.6. The summed E-state index contributed by atoms with van der Waals surface area (Å²) in [7, 11) is 5.09. The number of rotatable bonds is 3. The Bertz CT molecular complexity index is 2460. The molecule has 18 aliphatic heterocycles. The predicted molar refractivity (Wildman–Crippen MR) is 280 cm³/mol. The highest BCUT2D eigenvalue weighted by Crippen LogP contribution is 2.43. The Morgan fingerprint density at radius 2 is 0.653 bits per heavy atom. The molecule has 0 spiro atoms. The molecule has 15 nitrogen and oxygen atoms in total. The van der Waals surface area contributed by atoms with Gasteiger partial charge in [-0.05, 0) is 142 Å². The van der Waals surface area contributed by atoms with Crippen molar-refractivity contribution in [3.05, 3.63) is 159 Å². The quantitative estimate of drug-likeness (QED) is 0.151. The van der Waals surface area contributed by atoms with Gasteiger partial charge in [0.15, 0.2) is 34.5 Å². The summed E-state index contributed by atoms with van der Waals surface area (Å²) in [6.45, 7) is 12.0. The van der Waals surface area contributed by atoms with Crippen molar-refractivity contribution in [2.45, 2.75) is 59.7 Å². The molecule has 19 aliphatic rings. The molecule has 7 N–H and O–H groups in total. The van der Waals surface area contributed by atoms with E-state index in [0.717, 1.165) is 110 Å². The van der Waals surface area contributed by atoms with Crippen LogP contribution in [0.2, 0.25) is 0 Å². The van der Waals surface area contributed by atoms with Crippen LogP contribution < -0.4 is 44.4 Å². The van der Waals surface area contributed by atoms with Gasteiger partial charge in [0, 0.05) is 79.7 Å². The molecule has 0 atom stereocenters. The molecule has 0 amide bonds. The molecule has 6 aromatic rings. The zero-order valence-corrected chi connectivity index (χ0v) is 42.1. The topological polar surface area (TPSA) is 229 Å². The SMILES string of the molecule is CC#N.CC#N.CC#N.COc1cc2c3cc1Oc1ccc(cc1)CNCCN1CCNCc4ccc(cc4)Oc4cc(c(cc4OC)C3)Cc3cc(OC)c(cc3C2)Oc2ccc(cc2)CNCC1.O.O. The van der Waals surface area contributed by atoms with Gasteiger partial charge in [-0.2, -0.15) is 15.8 Å². The first kappa shape index (κ1) is 56.9. The van der Waals surface area contributed by atoms with E-state index in [1.165, 1.54) is 37.5 Å². The summed E-state index contributed by atoms with van der Waals surface area (Å²) in [5, 5.41) is 33.0. The number of benzene rings is 6. The minimum absolute atomic E-state index is 0. The van der Waals surface area contributed by atoms with Crippen LogP contribution in [-0.2, 0) is 38.9 Å². The number of nitrogens with one attached hydrogen (secondary N) is 3. The van der Waals surface area contributed by atoms with Crippen molar-refractivity contribution in [1.82, 2.24) is 20.9 Å². The van der Waals surface area contributed by atoms with Gasteiger partial charge in [-0.25, -0.2) is 0 Å². The molecule has 15 heteroatoms. The Morgan fingerprint density at radius 3 is 0.889 bits per heavy atom. The maximum absolute atomic E-state index is 7.32. The summed E-state index contributed by atoms with van der Waals surface area (Å²) in [4.78, 5) is 2.51. The van der Waals surface area contributed by atoms with E-state index in [-0.39, 0.29) is 11.0 Å². The van der Waals surface area contributed by atoms with E-state index in [1.54, 1.807) is 39.5 Å². The average Bonchev–Trinajstić information content (AvgIpc) is 3.42. The van der Waals surface area contributed by atoms with Gasteiger partial charge in [0.25, 0.3) is 0 Å². The van der Waals surface area contributed by atoms with Gasteiger partial charge in [0.05, 0.1) is 39.5 Å². The largest absolute Gasteiger partial charge is 0.493 e. The van der Waals surface area contributed by atoms with E-state index >= 15 is 0 Å². The van der Waals surface area contributed by atoms with Crippen molar-refractivity contribution >= 4 is 0 Å². The second kappa shape index (κ2) is 29.5. The molecule has 0 saturated heterocycles. The van der Waals surface area contributed by atoms with Crippen LogP contribution >= 0.6 is 0 Å². The molecular formula is C57H67N7O8. The Balaban J connectivity index is 0.000000954. The molecule has 1 aliphatic carbocycles. The van der Waals surface area contributed by atoms with E-state index < -0.39 is 0 Å². The number of nitrogens with zero attached hydrogens (tertiary/aromatic N) is 4. The number of nitriles is 3. The minimum Gasteiger partial charge on any atom is -0.493 e. The summed E-state index contributed by atoms with van der Waals surface area (Å²) in [5.74, 6) is 6.20. The van der Waals surface area contributed by atoms with Crippen molar-refractivity contribution in [1.29, 1.82) is 15.8 Å². The molecule has 0 saturated carbocycles. The summed E-state index contributed by atoms with van der Waals surface area (Å²) >= 11 is 0. The number of hydrogen-bond acceptors (Lipinski definition) is 13. The Kier molecular flexibility index (Phi) is 23.3. The van der Waals surface area contributed by atoms with Gasteiger partial charge in [0.2, 0.25) is 0 Å². The van der Waals surface area contributed by atoms with Gasteiger partial charge >= 0.3 is 0 Å². The first-order valence-corrected chi connectivity index (χ1v) is 23.4. The third-order valence-electron chi connectivity index (χ3n) is 11.9. The zero-order chi connectivity index (χ0) is 49.7. The van der Waals surface area contributed by atoms with Crippen molar-refractivity contribution in [2.75, 3.05) is 60.6 Å². The standard InChI is InChI=1S/C51H54N4O6.3C2H3N.2H2O/c1-56-46-25-37-22-41-29-50-48(58-3)27-39(41)24-42-30-51-47(57-2)26-38(42)23-40(37)28-49(46)59-43-10-4-34(5-11-43)31-52-16-19-55(20-17-53-32-35-6-12-44(60-50)13-7-35)21-18-54-33-36-8-14-45(61-51)15-9-36;3*1-2-3;;/h4-15,25-30,52-54H,16-24,31-33H2,1-3H3;3*1H3;2*1H2. The molecule has 6 aromatic carbocycles. The molecule has 0 aromatic heterocycles. The number of ether oxygens (including phenoxy) is 6. The smallest absolute Gasteiger partial charge is 0.169 e. The fourth-order valence-corrected chi connectivity index (χ4v) is 8.41. The molecular weight excluding hydrogens is 911 g/mol. The number of fused-ring (bicyclic) bond motifs is 1. The molecule has 25 rings (SSSR count). The fourth-order valence-electron chi connectivity index (χ4n) is 8.41. The van der Waals surface area contributed by atoms with E-state index in [1.807, 2.05) is 36.4 Å². The van der Waals surface area contributed by atoms with Crippen LogP contribution in [0.4, 0.5) is 0 Å². The van der Waals surface area contributed by atoms with Crippen LogP contribution in [0.1, 0.15) is 70.8 Å². The van der Waals surface area contributed by atoms with E-state index in [4.69, 9.17) is 44.2 Å². The normalized spacial score (nSPS) is 13.7. The first-order chi connectivity index (χ1) is 34.2. The van der Waals surface area contributed by atoms with Crippen LogP contribution in [0, 0.1) is 34.0 Å². The molecule has 16 bridgehead atoms. The summed E-state index contributed by atoms with van der Waals surface area (Å²) in [6.07, 6.45) is 1.92. The lowest BCUT2D eigenvalue weighted by Gasteiger charge is -2.23. The molecule has 0 radical (unpaired) electrons. The van der Waals surface area contributed by atoms with Crippen LogP contribution in [0.3, 0.4) is 0 Å². The van der Waals surface area contributed by atoms with Gasteiger partial charge in [0.1, 0.15) is 17.2 Å². The van der Waals surface area contributed by atoms with Gasteiger partial charge in [-0.15, -0.1) is 0 Å². The maximum atomic E-state index is 7.32. The van der Waals surface area contributed by atoms with Crippen molar-refractivity contribution in [2.24, 2.45) is 0 Å². The number of hydrogen-bond donors (Lipinski definition) is 3. The summed E-state index contributed by atoms with van der Waals surface area (Å²) in [5.41, 5.74) is 10.3. The first-order valence-electron chi connectivity index (χ1n) is 23.4. The Morgan fingerprint density at radius 1 is 0.417 bits per heavy atom. The van der Waals surface area contributed by atoms with E-state index in [2.05, 4.69) is 93.6 Å². The minimum atomic E-state index is 0. The Hall–Kier alpha value is -7.65. The van der Waals surface area contributed by atoms with Gasteiger partial charge in [-0.1, -0.05) is 36.4 Å². The van der Waals surface area contributed by atoms with Crippen molar-refractivity contribution < 1.29 is 39.4 Å². The second-order valence-corrected chi connectivity index (χ2v) is 16.6. The summed E-state index contributed by atoms with van der Waals surface area (Å²) in [6, 6.07) is 43.0. The highest BCUT2D eigenvalue weighted by Gasteiger charge is 2.23. The zero-order valence-electron chi connectivity index (χ0n) is 42.1. The van der Waals surface area contributed by atoms with Crippen LogP contribution in [0.25, 0.3) is 0 Å². The molecule has 72 heavy (non-hydrogen) atoms. The van der Waals surface area contributed by atoms with Crippen LogP contribution in [0.5, 0.6) is 51.7 Å². The third kappa shape index (κ3) is 15.9. The predicted octanol–water partition coefficient (Wildman–Crippen LogP) is 8.71. The Labute approximate surface area is 424 Å². The fraction of sp³-hybridized carbons (Fsp3) is 0.316. The van der Waals surface area contributed by atoms with E-state index in [9.17, 15) is 0 Å². The van der Waals surface area contributed by atoms with Crippen molar-refractivity contribution in [3.63, 3.8) is 0 Å². The van der Waals surface area contributed by atoms with Crippen LogP contribution in [-0.4, -0.2) is 76.5 Å². The van der Waals surface area contributed by atoms with Gasteiger partial charge in [-0.3, -0.25) is 4.90 Å². The highest BCUT2D eigenvalue weighted by atomic mass is 16.5.